The van der Waals surface area contributed by atoms with Gasteiger partial charge in [0.25, 0.3) is 11.5 Å². The smallest absolute Gasteiger partial charge is 0.274 e. The molecule has 2 N–H and O–H groups in total. The number of hydrogen-bond donors (Lipinski definition) is 2. The van der Waals surface area contributed by atoms with Crippen LogP contribution in [0.15, 0.2) is 16.9 Å². The van der Waals surface area contributed by atoms with Crippen LogP contribution in [-0.2, 0) is 0 Å². The number of nitrogens with zero attached hydrogens (tertiary/aromatic N) is 2. The minimum Gasteiger partial charge on any atom is -0.334 e. The molecule has 6 nitrogen and oxygen atoms in total. The average molecular weight is 248 g/mol. The van der Waals surface area contributed by atoms with Crippen molar-refractivity contribution < 1.29 is 4.79 Å². The van der Waals surface area contributed by atoms with Crippen LogP contribution in [0.5, 0.6) is 0 Å². The molecule has 0 radical (unpaired) electrons. The monoisotopic (exact) mass is 248 g/mol. The number of nitrogens with one attached hydrogen (secondary N) is 2. The van der Waals surface area contributed by atoms with Crippen LogP contribution in [0.25, 0.3) is 0 Å². The zero-order valence-electron chi connectivity index (χ0n) is 10.2. The second kappa shape index (κ2) is 4.20. The van der Waals surface area contributed by atoms with Gasteiger partial charge in [-0.1, -0.05) is 0 Å². The molecule has 2 aliphatic rings. The number of hydrogen-bond acceptors (Lipinski definition) is 4. The number of aromatic amines is 1. The van der Waals surface area contributed by atoms with E-state index < -0.39 is 0 Å². The van der Waals surface area contributed by atoms with Gasteiger partial charge < -0.3 is 10.2 Å². The third-order valence-electron chi connectivity index (χ3n) is 4.09. The summed E-state index contributed by atoms with van der Waals surface area (Å²) >= 11 is 0. The van der Waals surface area contributed by atoms with Crippen molar-refractivity contribution >= 4 is 5.91 Å². The van der Waals surface area contributed by atoms with Crippen LogP contribution >= 0.6 is 0 Å². The lowest BCUT2D eigenvalue weighted by atomic mass is 9.95. The summed E-state index contributed by atoms with van der Waals surface area (Å²) in [4.78, 5) is 25.1. The lowest BCUT2D eigenvalue weighted by molar-refractivity contribution is 0.0721. The highest BCUT2D eigenvalue weighted by molar-refractivity contribution is 5.92. The van der Waals surface area contributed by atoms with Gasteiger partial charge in [0, 0.05) is 31.7 Å². The first-order chi connectivity index (χ1) is 8.66. The van der Waals surface area contributed by atoms with Gasteiger partial charge in [-0.3, -0.25) is 9.59 Å². The van der Waals surface area contributed by atoms with Crippen molar-refractivity contribution in [3.05, 3.63) is 28.2 Å². The van der Waals surface area contributed by atoms with Gasteiger partial charge in [0.05, 0.1) is 0 Å². The molecule has 1 amide bonds. The Balaban J connectivity index is 1.81. The molecule has 3 atom stereocenters. The van der Waals surface area contributed by atoms with Crippen LogP contribution in [0.4, 0.5) is 0 Å². The number of carbonyl (C=O) groups excluding carboxylic acids is 1. The van der Waals surface area contributed by atoms with Gasteiger partial charge in [-0.25, -0.2) is 5.10 Å². The number of likely N-dealkylation sites (tertiary alicyclic amines) is 1. The molecule has 1 aromatic heterocycles. The molecule has 6 heteroatoms. The molecule has 0 bridgehead atoms. The van der Waals surface area contributed by atoms with Crippen molar-refractivity contribution in [1.29, 1.82) is 0 Å². The first-order valence-electron chi connectivity index (χ1n) is 6.24. The summed E-state index contributed by atoms with van der Waals surface area (Å²) in [5.41, 5.74) is 0.0245. The van der Waals surface area contributed by atoms with Gasteiger partial charge in [0.2, 0.25) is 0 Å². The van der Waals surface area contributed by atoms with E-state index in [0.717, 1.165) is 19.6 Å². The highest BCUT2D eigenvalue weighted by Gasteiger charge is 2.44. The number of rotatable bonds is 1. The van der Waals surface area contributed by atoms with Gasteiger partial charge >= 0.3 is 0 Å². The molecule has 1 aromatic rings. The van der Waals surface area contributed by atoms with Crippen molar-refractivity contribution in [2.45, 2.75) is 13.0 Å². The molecule has 0 aromatic carbocycles. The van der Waals surface area contributed by atoms with Crippen LogP contribution < -0.4 is 10.9 Å². The molecule has 2 saturated heterocycles. The summed E-state index contributed by atoms with van der Waals surface area (Å²) in [6.45, 7) is 4.83. The lowest BCUT2D eigenvalue weighted by Gasteiger charge is -2.23. The zero-order chi connectivity index (χ0) is 12.7. The number of H-pyrrole nitrogens is 1. The van der Waals surface area contributed by atoms with E-state index in [0.29, 0.717) is 17.5 Å². The van der Waals surface area contributed by atoms with E-state index in [-0.39, 0.29) is 17.5 Å². The van der Waals surface area contributed by atoms with Crippen LogP contribution in [0.2, 0.25) is 0 Å². The first kappa shape index (κ1) is 11.4. The summed E-state index contributed by atoms with van der Waals surface area (Å²) in [6, 6.07) is 3.05. The molecule has 3 heterocycles. The Kier molecular flexibility index (Phi) is 2.66. The van der Waals surface area contributed by atoms with Crippen LogP contribution in [-0.4, -0.2) is 46.7 Å². The standard InChI is InChI=1S/C12H16N4O2/c1-7-9-5-13-4-8(9)6-16(7)12(18)10-2-3-11(17)15-14-10/h2-3,7-9,13H,4-6H2,1H3,(H,15,17). The molecule has 2 aliphatic heterocycles. The maximum atomic E-state index is 12.3. The van der Waals surface area contributed by atoms with Gasteiger partial charge in [0.15, 0.2) is 0 Å². The molecule has 3 rings (SSSR count). The molecule has 0 aliphatic carbocycles. The predicted octanol–water partition coefficient (Wildman–Crippen LogP) is -0.550. The van der Waals surface area contributed by atoms with Gasteiger partial charge in [0.1, 0.15) is 5.69 Å². The van der Waals surface area contributed by atoms with E-state index in [1.807, 2.05) is 4.90 Å². The molecule has 0 saturated carbocycles. The number of aromatic nitrogens is 2. The Labute approximate surface area is 104 Å². The highest BCUT2D eigenvalue weighted by atomic mass is 16.2. The fraction of sp³-hybridized carbons (Fsp3) is 0.583. The highest BCUT2D eigenvalue weighted by Crippen LogP contribution is 2.32. The number of amides is 1. The SMILES string of the molecule is CC1C2CNCC2CN1C(=O)c1ccc(=O)[nH]n1. The Morgan fingerprint density at radius 2 is 2.28 bits per heavy atom. The number of carbonyl (C=O) groups is 1. The zero-order valence-corrected chi connectivity index (χ0v) is 10.2. The molecule has 3 unspecified atom stereocenters. The van der Waals surface area contributed by atoms with Crippen LogP contribution in [0.3, 0.4) is 0 Å². The molecule has 0 spiro atoms. The maximum Gasteiger partial charge on any atom is 0.274 e. The fourth-order valence-corrected chi connectivity index (χ4v) is 3.05. The van der Waals surface area contributed by atoms with E-state index in [1.54, 1.807) is 0 Å². The second-order valence-corrected chi connectivity index (χ2v) is 5.09. The molecule has 96 valence electrons. The van der Waals surface area contributed by atoms with Crippen molar-refractivity contribution in [2.24, 2.45) is 11.8 Å². The van der Waals surface area contributed by atoms with Gasteiger partial charge in [-0.15, -0.1) is 0 Å². The van der Waals surface area contributed by atoms with Gasteiger partial charge in [-0.2, -0.15) is 5.10 Å². The topological polar surface area (TPSA) is 78.1 Å². The van der Waals surface area contributed by atoms with Gasteiger partial charge in [-0.05, 0) is 24.8 Å². The lowest BCUT2D eigenvalue weighted by Crippen LogP contribution is -2.38. The Morgan fingerprint density at radius 1 is 1.44 bits per heavy atom. The normalized spacial score (nSPS) is 30.5. The minimum atomic E-state index is -0.290. The van der Waals surface area contributed by atoms with E-state index in [2.05, 4.69) is 22.4 Å². The predicted molar refractivity (Wildman–Crippen MR) is 65.2 cm³/mol. The van der Waals surface area contributed by atoms with Crippen LogP contribution in [0.1, 0.15) is 17.4 Å². The molecular formula is C12H16N4O2. The molecule has 2 fully saturated rings. The molecule has 18 heavy (non-hydrogen) atoms. The van der Waals surface area contributed by atoms with Crippen molar-refractivity contribution in [1.82, 2.24) is 20.4 Å². The van der Waals surface area contributed by atoms with Crippen molar-refractivity contribution in [3.8, 4) is 0 Å². The largest absolute Gasteiger partial charge is 0.334 e. The quantitative estimate of drug-likeness (QED) is 0.699. The van der Waals surface area contributed by atoms with E-state index in [4.69, 9.17) is 0 Å². The van der Waals surface area contributed by atoms with E-state index >= 15 is 0 Å². The summed E-state index contributed by atoms with van der Waals surface area (Å²) in [5, 5.41) is 9.47. The van der Waals surface area contributed by atoms with Crippen molar-refractivity contribution in [2.75, 3.05) is 19.6 Å². The summed E-state index contributed by atoms with van der Waals surface area (Å²) in [5.74, 6) is 0.997. The summed E-state index contributed by atoms with van der Waals surface area (Å²) in [6.07, 6.45) is 0. The van der Waals surface area contributed by atoms with Crippen LogP contribution in [0, 0.1) is 11.8 Å². The number of fused-ring (bicyclic) bond motifs is 1. The van der Waals surface area contributed by atoms with Crippen molar-refractivity contribution in [3.63, 3.8) is 0 Å². The van der Waals surface area contributed by atoms with E-state index in [1.165, 1.54) is 12.1 Å². The minimum absolute atomic E-state index is 0.0897. The third-order valence-corrected chi connectivity index (χ3v) is 4.09. The first-order valence-corrected chi connectivity index (χ1v) is 6.24. The summed E-state index contributed by atoms with van der Waals surface area (Å²) < 4.78 is 0. The Hall–Kier alpha value is -1.69. The Bertz CT molecular complexity index is 507. The average Bonchev–Trinajstić information content (AvgIpc) is 2.93. The fourth-order valence-electron chi connectivity index (χ4n) is 3.05. The molecular weight excluding hydrogens is 232 g/mol. The Morgan fingerprint density at radius 3 is 2.94 bits per heavy atom. The summed E-state index contributed by atoms with van der Waals surface area (Å²) in [7, 11) is 0. The third kappa shape index (κ3) is 1.73. The van der Waals surface area contributed by atoms with E-state index in [9.17, 15) is 9.59 Å². The maximum absolute atomic E-state index is 12.3. The second-order valence-electron chi connectivity index (χ2n) is 5.09.